The molecule has 1 aliphatic rings. The molecule has 0 spiro atoms. The Bertz CT molecular complexity index is 1040. The monoisotopic (exact) mass is 381 g/mol. The van der Waals surface area contributed by atoms with Gasteiger partial charge in [-0.05, 0) is 48.6 Å². The van der Waals surface area contributed by atoms with E-state index in [0.29, 0.717) is 10.6 Å². The number of fused-ring (bicyclic) bond motifs is 2. The fourth-order valence-corrected chi connectivity index (χ4v) is 4.07. The van der Waals surface area contributed by atoms with Gasteiger partial charge in [-0.1, -0.05) is 35.9 Å². The topological polar surface area (TPSA) is 77.1 Å². The van der Waals surface area contributed by atoms with E-state index in [1.165, 1.54) is 5.56 Å². The summed E-state index contributed by atoms with van der Waals surface area (Å²) >= 11 is 6.15. The molecule has 27 heavy (non-hydrogen) atoms. The molecule has 2 amide bonds. The Morgan fingerprint density at radius 2 is 2.04 bits per heavy atom. The van der Waals surface area contributed by atoms with Crippen LogP contribution < -0.4 is 11.1 Å². The van der Waals surface area contributed by atoms with Gasteiger partial charge in [0, 0.05) is 22.1 Å². The summed E-state index contributed by atoms with van der Waals surface area (Å²) in [7, 11) is 0. The van der Waals surface area contributed by atoms with Crippen LogP contribution in [0.15, 0.2) is 48.7 Å². The van der Waals surface area contributed by atoms with Crippen LogP contribution >= 0.6 is 11.6 Å². The molecule has 0 saturated carbocycles. The first kappa shape index (κ1) is 17.6. The second kappa shape index (κ2) is 7.08. The van der Waals surface area contributed by atoms with Gasteiger partial charge in [-0.15, -0.1) is 0 Å². The maximum atomic E-state index is 12.7. The number of nitrogens with two attached hydrogens (primary N) is 1. The van der Waals surface area contributed by atoms with Crippen molar-refractivity contribution >= 4 is 34.3 Å². The molecule has 6 heteroatoms. The fourth-order valence-electron chi connectivity index (χ4n) is 3.89. The molecule has 5 nitrogen and oxygen atoms in total. The molecule has 0 aliphatic heterocycles. The lowest BCUT2D eigenvalue weighted by atomic mass is 9.87. The number of carbonyl (C=O) groups is 2. The predicted octanol–water partition coefficient (Wildman–Crippen LogP) is 3.59. The van der Waals surface area contributed by atoms with Crippen LogP contribution in [0.3, 0.4) is 0 Å². The molecule has 0 unspecified atom stereocenters. The molecule has 3 aromatic rings. The van der Waals surface area contributed by atoms with Gasteiger partial charge in [0.25, 0.3) is 5.91 Å². The number of aryl methyl sites for hydroxylation is 1. The number of primary amides is 1. The summed E-state index contributed by atoms with van der Waals surface area (Å²) < 4.78 is 1.77. The third-order valence-corrected chi connectivity index (χ3v) is 5.36. The number of hydrogen-bond donors (Lipinski definition) is 2. The van der Waals surface area contributed by atoms with Crippen LogP contribution in [0, 0.1) is 0 Å². The van der Waals surface area contributed by atoms with Crippen LogP contribution in [0.1, 0.15) is 40.4 Å². The van der Waals surface area contributed by atoms with Crippen molar-refractivity contribution in [2.45, 2.75) is 31.8 Å². The molecule has 0 radical (unpaired) electrons. The van der Waals surface area contributed by atoms with E-state index in [2.05, 4.69) is 5.32 Å². The van der Waals surface area contributed by atoms with Crippen molar-refractivity contribution in [1.82, 2.24) is 9.88 Å². The number of hydrogen-bond acceptors (Lipinski definition) is 2. The average Bonchev–Trinajstić information content (AvgIpc) is 3.01. The lowest BCUT2D eigenvalue weighted by Crippen LogP contribution is -2.33. The highest BCUT2D eigenvalue weighted by Crippen LogP contribution is 2.31. The first-order valence-electron chi connectivity index (χ1n) is 8.98. The predicted molar refractivity (Wildman–Crippen MR) is 106 cm³/mol. The molecule has 0 saturated heterocycles. The van der Waals surface area contributed by atoms with Crippen LogP contribution in [0.4, 0.5) is 0 Å². The van der Waals surface area contributed by atoms with Gasteiger partial charge in [0.1, 0.15) is 6.54 Å². The van der Waals surface area contributed by atoms with Crippen molar-refractivity contribution < 1.29 is 9.59 Å². The SMILES string of the molecule is NC(=O)c1cn(CC(=O)N[C@@H]2CCCc3ccc(Cl)cc32)c2ccccc12. The van der Waals surface area contributed by atoms with Crippen molar-refractivity contribution in [3.63, 3.8) is 0 Å². The normalized spacial score (nSPS) is 16.1. The minimum Gasteiger partial charge on any atom is -0.366 e. The molecule has 1 atom stereocenters. The van der Waals surface area contributed by atoms with E-state index in [4.69, 9.17) is 17.3 Å². The second-order valence-corrected chi connectivity index (χ2v) is 7.34. The number of halogens is 1. The van der Waals surface area contributed by atoms with E-state index in [1.807, 2.05) is 42.5 Å². The van der Waals surface area contributed by atoms with Crippen LogP contribution in [0.5, 0.6) is 0 Å². The van der Waals surface area contributed by atoms with Gasteiger partial charge in [-0.3, -0.25) is 9.59 Å². The molecule has 0 bridgehead atoms. The Hall–Kier alpha value is -2.79. The summed E-state index contributed by atoms with van der Waals surface area (Å²) in [6, 6.07) is 13.3. The van der Waals surface area contributed by atoms with Crippen molar-refractivity contribution in [2.24, 2.45) is 5.73 Å². The smallest absolute Gasteiger partial charge is 0.250 e. The summed E-state index contributed by atoms with van der Waals surface area (Å²) in [5, 5.41) is 4.55. The summed E-state index contributed by atoms with van der Waals surface area (Å²) in [6.45, 7) is 0.125. The summed E-state index contributed by atoms with van der Waals surface area (Å²) in [4.78, 5) is 24.4. The summed E-state index contributed by atoms with van der Waals surface area (Å²) in [5.41, 5.74) is 9.04. The molecule has 4 rings (SSSR count). The number of nitrogens with zero attached hydrogens (tertiary/aromatic N) is 1. The van der Waals surface area contributed by atoms with Crippen LogP contribution in [0.25, 0.3) is 10.9 Å². The molecule has 1 aromatic heterocycles. The lowest BCUT2D eigenvalue weighted by Gasteiger charge is -2.26. The molecule has 1 heterocycles. The summed E-state index contributed by atoms with van der Waals surface area (Å²) in [6.07, 6.45) is 4.57. The Labute approximate surface area is 162 Å². The van der Waals surface area contributed by atoms with Gasteiger partial charge in [-0.2, -0.15) is 0 Å². The highest BCUT2D eigenvalue weighted by molar-refractivity contribution is 6.30. The quantitative estimate of drug-likeness (QED) is 0.724. The molecular formula is C21H20ClN3O2. The van der Waals surface area contributed by atoms with Crippen LogP contribution in [0.2, 0.25) is 5.02 Å². The zero-order valence-electron chi connectivity index (χ0n) is 14.7. The molecule has 0 fully saturated rings. The lowest BCUT2D eigenvalue weighted by molar-refractivity contribution is -0.122. The van der Waals surface area contributed by atoms with Gasteiger partial charge >= 0.3 is 0 Å². The van der Waals surface area contributed by atoms with E-state index < -0.39 is 5.91 Å². The van der Waals surface area contributed by atoms with Gasteiger partial charge < -0.3 is 15.6 Å². The Balaban J connectivity index is 1.57. The third-order valence-electron chi connectivity index (χ3n) is 5.13. The Kier molecular flexibility index (Phi) is 4.62. The van der Waals surface area contributed by atoms with Gasteiger partial charge in [0.2, 0.25) is 5.91 Å². The maximum Gasteiger partial charge on any atom is 0.250 e. The van der Waals surface area contributed by atoms with E-state index in [0.717, 1.165) is 35.7 Å². The van der Waals surface area contributed by atoms with Gasteiger partial charge in [0.15, 0.2) is 0 Å². The van der Waals surface area contributed by atoms with E-state index in [-0.39, 0.29) is 18.5 Å². The minimum atomic E-state index is -0.499. The zero-order chi connectivity index (χ0) is 19.0. The first-order valence-corrected chi connectivity index (χ1v) is 9.36. The molecular weight excluding hydrogens is 362 g/mol. The first-order chi connectivity index (χ1) is 13.0. The van der Waals surface area contributed by atoms with Crippen molar-refractivity contribution in [1.29, 1.82) is 0 Å². The van der Waals surface area contributed by atoms with Gasteiger partial charge in [-0.25, -0.2) is 0 Å². The Morgan fingerprint density at radius 3 is 2.85 bits per heavy atom. The number of para-hydroxylation sites is 1. The number of amides is 2. The summed E-state index contributed by atoms with van der Waals surface area (Å²) in [5.74, 6) is -0.606. The van der Waals surface area contributed by atoms with Crippen LogP contribution in [-0.4, -0.2) is 16.4 Å². The second-order valence-electron chi connectivity index (χ2n) is 6.91. The van der Waals surface area contributed by atoms with Crippen molar-refractivity contribution in [3.8, 4) is 0 Å². The van der Waals surface area contributed by atoms with E-state index in [1.54, 1.807) is 10.8 Å². The third kappa shape index (κ3) is 3.43. The Morgan fingerprint density at radius 1 is 1.22 bits per heavy atom. The fraction of sp³-hybridized carbons (Fsp3) is 0.238. The van der Waals surface area contributed by atoms with Gasteiger partial charge in [0.05, 0.1) is 11.6 Å². The molecule has 3 N–H and O–H groups in total. The number of carbonyl (C=O) groups excluding carboxylic acids is 2. The van der Waals surface area contributed by atoms with Crippen LogP contribution in [-0.2, 0) is 17.8 Å². The number of nitrogens with one attached hydrogen (secondary N) is 1. The number of aromatic nitrogens is 1. The van der Waals surface area contributed by atoms with E-state index >= 15 is 0 Å². The molecule has 1 aliphatic carbocycles. The maximum absolute atomic E-state index is 12.7. The van der Waals surface area contributed by atoms with E-state index in [9.17, 15) is 9.59 Å². The average molecular weight is 382 g/mol. The van der Waals surface area contributed by atoms with Crippen molar-refractivity contribution in [3.05, 3.63) is 70.4 Å². The standard InChI is InChI=1S/C21H20ClN3O2/c22-14-9-8-13-4-3-6-18(16(13)10-14)24-20(26)12-25-11-17(21(23)27)15-5-1-2-7-19(15)25/h1-2,5,7-11,18H,3-4,6,12H2,(H2,23,27)(H,24,26)/t18-/m1/s1. The zero-order valence-corrected chi connectivity index (χ0v) is 15.5. The largest absolute Gasteiger partial charge is 0.366 e. The highest BCUT2D eigenvalue weighted by atomic mass is 35.5. The minimum absolute atomic E-state index is 0.0441. The molecule has 138 valence electrons. The number of benzene rings is 2. The highest BCUT2D eigenvalue weighted by Gasteiger charge is 2.22. The van der Waals surface area contributed by atoms with Crippen molar-refractivity contribution in [2.75, 3.05) is 0 Å². The number of rotatable bonds is 4. The molecule has 2 aromatic carbocycles.